The summed E-state index contributed by atoms with van der Waals surface area (Å²) in [5.41, 5.74) is 4.09. The molecule has 0 radical (unpaired) electrons. The van der Waals surface area contributed by atoms with Crippen molar-refractivity contribution < 1.29 is 13.9 Å². The maximum absolute atomic E-state index is 12.5. The monoisotopic (exact) mass is 337 g/mol. The van der Waals surface area contributed by atoms with Crippen LogP contribution in [0.3, 0.4) is 0 Å². The van der Waals surface area contributed by atoms with Crippen molar-refractivity contribution in [2.45, 2.75) is 27.2 Å². The summed E-state index contributed by atoms with van der Waals surface area (Å²) in [5.74, 6) is 1.00. The van der Waals surface area contributed by atoms with Crippen LogP contribution in [0.2, 0.25) is 0 Å². The van der Waals surface area contributed by atoms with E-state index < -0.39 is 0 Å². The van der Waals surface area contributed by atoms with E-state index in [2.05, 4.69) is 18.3 Å². The van der Waals surface area contributed by atoms with Crippen LogP contribution < -0.4 is 10.1 Å². The van der Waals surface area contributed by atoms with Crippen LogP contribution in [0.4, 0.5) is 0 Å². The van der Waals surface area contributed by atoms with E-state index in [4.69, 9.17) is 9.15 Å². The van der Waals surface area contributed by atoms with Gasteiger partial charge in [-0.05, 0) is 55.7 Å². The van der Waals surface area contributed by atoms with Crippen LogP contribution in [0.25, 0.3) is 11.0 Å². The lowest BCUT2D eigenvalue weighted by molar-refractivity contribution is 0.0920. The summed E-state index contributed by atoms with van der Waals surface area (Å²) in [6.07, 6.45) is 0.749. The first-order chi connectivity index (χ1) is 12.1. The van der Waals surface area contributed by atoms with Gasteiger partial charge in [0.25, 0.3) is 5.91 Å². The zero-order chi connectivity index (χ0) is 17.8. The molecule has 1 amide bonds. The summed E-state index contributed by atoms with van der Waals surface area (Å²) in [5, 5.41) is 3.90. The molecule has 4 nitrogen and oxygen atoms in total. The molecule has 0 aliphatic rings. The van der Waals surface area contributed by atoms with Crippen LogP contribution in [-0.2, 0) is 6.42 Å². The molecule has 0 aliphatic heterocycles. The Bertz CT molecular complexity index is 881. The quantitative estimate of drug-likeness (QED) is 0.677. The number of hydrogen-bond donors (Lipinski definition) is 1. The first-order valence-corrected chi connectivity index (χ1v) is 8.58. The number of carbonyl (C=O) groups is 1. The maximum atomic E-state index is 12.5. The number of fused-ring (bicyclic) bond motifs is 1. The van der Waals surface area contributed by atoms with Crippen molar-refractivity contribution in [2.75, 3.05) is 13.2 Å². The Morgan fingerprint density at radius 2 is 1.84 bits per heavy atom. The van der Waals surface area contributed by atoms with E-state index in [1.807, 2.05) is 50.2 Å². The van der Waals surface area contributed by atoms with Gasteiger partial charge in [-0.3, -0.25) is 4.79 Å². The van der Waals surface area contributed by atoms with Gasteiger partial charge in [0.15, 0.2) is 5.76 Å². The Morgan fingerprint density at radius 1 is 1.12 bits per heavy atom. The summed E-state index contributed by atoms with van der Waals surface area (Å²) in [6.45, 7) is 6.99. The minimum absolute atomic E-state index is 0.194. The third-order valence-electron chi connectivity index (χ3n) is 4.37. The fraction of sp³-hybridized carbons (Fsp3) is 0.286. The number of rotatable bonds is 6. The van der Waals surface area contributed by atoms with Gasteiger partial charge in [0.05, 0.1) is 6.54 Å². The molecule has 130 valence electrons. The second-order valence-corrected chi connectivity index (χ2v) is 6.11. The SMILES string of the molecule is CCc1c(C(=O)NCCOc2ccccc2)oc2cc(C)c(C)cc12. The minimum atomic E-state index is -0.194. The Kier molecular flexibility index (Phi) is 5.08. The Morgan fingerprint density at radius 3 is 2.56 bits per heavy atom. The molecule has 0 saturated carbocycles. The molecule has 0 atom stereocenters. The third-order valence-corrected chi connectivity index (χ3v) is 4.37. The minimum Gasteiger partial charge on any atom is -0.492 e. The van der Waals surface area contributed by atoms with Crippen molar-refractivity contribution >= 4 is 16.9 Å². The topological polar surface area (TPSA) is 51.5 Å². The van der Waals surface area contributed by atoms with E-state index in [1.165, 1.54) is 5.56 Å². The van der Waals surface area contributed by atoms with Crippen LogP contribution in [0.5, 0.6) is 5.75 Å². The fourth-order valence-electron chi connectivity index (χ4n) is 2.87. The smallest absolute Gasteiger partial charge is 0.287 e. The predicted molar refractivity (Wildman–Crippen MR) is 99.3 cm³/mol. The molecule has 4 heteroatoms. The molecule has 0 saturated heterocycles. The zero-order valence-electron chi connectivity index (χ0n) is 14.9. The summed E-state index contributed by atoms with van der Waals surface area (Å²) < 4.78 is 11.4. The van der Waals surface area contributed by atoms with Gasteiger partial charge in [-0.1, -0.05) is 25.1 Å². The van der Waals surface area contributed by atoms with Crippen molar-refractivity contribution in [3.63, 3.8) is 0 Å². The lowest BCUT2D eigenvalue weighted by atomic mass is 10.0. The molecule has 0 bridgehead atoms. The van der Waals surface area contributed by atoms with E-state index >= 15 is 0 Å². The van der Waals surface area contributed by atoms with Gasteiger partial charge in [-0.2, -0.15) is 0 Å². The Labute approximate surface area is 147 Å². The largest absolute Gasteiger partial charge is 0.492 e. The van der Waals surface area contributed by atoms with Crippen molar-refractivity contribution in [2.24, 2.45) is 0 Å². The van der Waals surface area contributed by atoms with E-state index in [0.29, 0.717) is 18.9 Å². The van der Waals surface area contributed by atoms with Gasteiger partial charge >= 0.3 is 0 Å². The van der Waals surface area contributed by atoms with Gasteiger partial charge in [-0.15, -0.1) is 0 Å². The van der Waals surface area contributed by atoms with Crippen molar-refractivity contribution in [3.8, 4) is 5.75 Å². The van der Waals surface area contributed by atoms with Gasteiger partial charge in [0.1, 0.15) is 17.9 Å². The maximum Gasteiger partial charge on any atom is 0.287 e. The average Bonchev–Trinajstić information content (AvgIpc) is 2.97. The molecule has 0 spiro atoms. The molecule has 1 heterocycles. The highest BCUT2D eigenvalue weighted by atomic mass is 16.5. The van der Waals surface area contributed by atoms with E-state index in [0.717, 1.165) is 34.3 Å². The molecule has 3 aromatic rings. The summed E-state index contributed by atoms with van der Waals surface area (Å²) in [6, 6.07) is 13.6. The lowest BCUT2D eigenvalue weighted by Gasteiger charge is -2.07. The average molecular weight is 337 g/mol. The Hall–Kier alpha value is -2.75. The number of aryl methyl sites for hydroxylation is 3. The van der Waals surface area contributed by atoms with E-state index in [-0.39, 0.29) is 5.91 Å². The van der Waals surface area contributed by atoms with Crippen molar-refractivity contribution in [3.05, 3.63) is 64.9 Å². The second-order valence-electron chi connectivity index (χ2n) is 6.11. The van der Waals surface area contributed by atoms with Crippen LogP contribution in [0.15, 0.2) is 46.9 Å². The van der Waals surface area contributed by atoms with Crippen LogP contribution in [0.1, 0.15) is 34.2 Å². The summed E-state index contributed by atoms with van der Waals surface area (Å²) in [7, 11) is 0. The number of furan rings is 1. The van der Waals surface area contributed by atoms with Gasteiger partial charge in [0, 0.05) is 10.9 Å². The molecule has 2 aromatic carbocycles. The lowest BCUT2D eigenvalue weighted by Crippen LogP contribution is -2.28. The second kappa shape index (κ2) is 7.43. The predicted octanol–water partition coefficient (Wildman–Crippen LogP) is 4.42. The molecule has 0 unspecified atom stereocenters. The molecule has 0 fully saturated rings. The molecular weight excluding hydrogens is 314 g/mol. The number of benzene rings is 2. The number of nitrogens with one attached hydrogen (secondary N) is 1. The van der Waals surface area contributed by atoms with Crippen LogP contribution in [-0.4, -0.2) is 19.1 Å². The highest BCUT2D eigenvalue weighted by Gasteiger charge is 2.19. The third kappa shape index (κ3) is 3.68. The van der Waals surface area contributed by atoms with Gasteiger partial charge in [-0.25, -0.2) is 0 Å². The Balaban J connectivity index is 1.69. The normalized spacial score (nSPS) is 10.8. The zero-order valence-corrected chi connectivity index (χ0v) is 14.9. The molecule has 1 aromatic heterocycles. The summed E-state index contributed by atoms with van der Waals surface area (Å²) >= 11 is 0. The van der Waals surface area contributed by atoms with Gasteiger partial charge in [0.2, 0.25) is 0 Å². The number of hydrogen-bond acceptors (Lipinski definition) is 3. The van der Waals surface area contributed by atoms with Crippen molar-refractivity contribution in [1.29, 1.82) is 0 Å². The first-order valence-electron chi connectivity index (χ1n) is 8.58. The number of ether oxygens (including phenoxy) is 1. The first kappa shape index (κ1) is 17.1. The van der Waals surface area contributed by atoms with E-state index in [9.17, 15) is 4.79 Å². The highest BCUT2D eigenvalue weighted by Crippen LogP contribution is 2.29. The molecule has 25 heavy (non-hydrogen) atoms. The number of carbonyl (C=O) groups excluding carboxylic acids is 1. The number of amides is 1. The van der Waals surface area contributed by atoms with Crippen LogP contribution in [0, 0.1) is 13.8 Å². The molecular formula is C21H23NO3. The van der Waals surface area contributed by atoms with Crippen molar-refractivity contribution in [1.82, 2.24) is 5.32 Å². The highest BCUT2D eigenvalue weighted by molar-refractivity contribution is 5.99. The fourth-order valence-corrected chi connectivity index (χ4v) is 2.87. The number of para-hydroxylation sites is 1. The summed E-state index contributed by atoms with van der Waals surface area (Å²) in [4.78, 5) is 12.5. The van der Waals surface area contributed by atoms with E-state index in [1.54, 1.807) is 0 Å². The molecule has 3 rings (SSSR count). The molecule has 1 N–H and O–H groups in total. The molecule has 0 aliphatic carbocycles. The van der Waals surface area contributed by atoms with Crippen LogP contribution >= 0.6 is 0 Å². The van der Waals surface area contributed by atoms with Gasteiger partial charge < -0.3 is 14.5 Å². The standard InChI is InChI=1S/C21H23NO3/c1-4-17-18-12-14(2)15(3)13-19(18)25-20(17)21(23)22-10-11-24-16-8-6-5-7-9-16/h5-9,12-13H,4,10-11H2,1-3H3,(H,22,23).